The van der Waals surface area contributed by atoms with E-state index in [1.807, 2.05) is 19.0 Å². The first-order valence-electron chi connectivity index (χ1n) is 8.56. The van der Waals surface area contributed by atoms with Crippen LogP contribution in [0.5, 0.6) is 0 Å². The summed E-state index contributed by atoms with van der Waals surface area (Å²) in [6, 6.07) is 9.36. The van der Waals surface area contributed by atoms with Gasteiger partial charge in [-0.2, -0.15) is 9.36 Å². The van der Waals surface area contributed by atoms with Gasteiger partial charge < -0.3 is 9.80 Å². The van der Waals surface area contributed by atoms with Crippen molar-refractivity contribution in [2.75, 3.05) is 50.6 Å². The molecule has 1 aromatic heterocycles. The molecule has 3 atom stereocenters. The average molecular weight is 344 g/mol. The Kier molecular flexibility index (Phi) is 3.96. The zero-order valence-corrected chi connectivity index (χ0v) is 15.6. The lowest BCUT2D eigenvalue weighted by molar-refractivity contribution is 0.279. The molecule has 0 radical (unpaired) electrons. The summed E-state index contributed by atoms with van der Waals surface area (Å²) in [6.45, 7) is 5.58. The number of anilines is 2. The molecule has 0 N–H and O–H groups in total. The molecule has 0 bridgehead atoms. The van der Waals surface area contributed by atoms with Crippen LogP contribution >= 0.6 is 11.5 Å². The maximum atomic E-state index is 4.70. The van der Waals surface area contributed by atoms with Crippen LogP contribution in [0.3, 0.4) is 0 Å². The van der Waals surface area contributed by atoms with Crippen LogP contribution in [0.15, 0.2) is 24.3 Å². The van der Waals surface area contributed by atoms with E-state index in [9.17, 15) is 0 Å². The lowest BCUT2D eigenvalue weighted by Crippen LogP contribution is -2.29. The highest BCUT2D eigenvalue weighted by atomic mass is 32.1. The van der Waals surface area contributed by atoms with Crippen LogP contribution in [0.4, 0.5) is 11.1 Å². The Balaban J connectivity index is 1.57. The van der Waals surface area contributed by atoms with Crippen LogP contribution in [0.2, 0.25) is 0 Å². The molecule has 0 spiro atoms. The van der Waals surface area contributed by atoms with Crippen molar-refractivity contribution in [2.24, 2.45) is 11.8 Å². The van der Waals surface area contributed by atoms with Crippen LogP contribution in [0.1, 0.15) is 17.2 Å². The zero-order chi connectivity index (χ0) is 16.8. The van der Waals surface area contributed by atoms with Gasteiger partial charge in [0.1, 0.15) is 0 Å². The summed E-state index contributed by atoms with van der Waals surface area (Å²) in [7, 11) is 6.26. The normalized spacial score (nSPS) is 26.8. The first kappa shape index (κ1) is 15.8. The van der Waals surface area contributed by atoms with E-state index < -0.39 is 0 Å². The van der Waals surface area contributed by atoms with Gasteiger partial charge in [-0.1, -0.05) is 24.3 Å². The predicted octanol–water partition coefficient (Wildman–Crippen LogP) is 2.65. The molecule has 6 heteroatoms. The largest absolute Gasteiger partial charge is 0.346 e. The Morgan fingerprint density at radius 1 is 1.17 bits per heavy atom. The molecule has 128 valence electrons. The topological polar surface area (TPSA) is 35.5 Å². The maximum absolute atomic E-state index is 4.70. The van der Waals surface area contributed by atoms with Gasteiger partial charge in [0.15, 0.2) is 0 Å². The highest BCUT2D eigenvalue weighted by Gasteiger charge is 2.47. The number of nitrogens with zero attached hydrogens (tertiary/aromatic N) is 5. The smallest absolute Gasteiger partial charge is 0.238 e. The van der Waals surface area contributed by atoms with Crippen LogP contribution in [-0.4, -0.2) is 55.0 Å². The van der Waals surface area contributed by atoms with E-state index in [-0.39, 0.29) is 0 Å². The lowest BCUT2D eigenvalue weighted by atomic mass is 9.88. The number of fused-ring (bicyclic) bond motifs is 1. The quantitative estimate of drug-likeness (QED) is 0.856. The fourth-order valence-corrected chi connectivity index (χ4v) is 5.07. The molecule has 0 aliphatic carbocycles. The van der Waals surface area contributed by atoms with Gasteiger partial charge in [0, 0.05) is 57.2 Å². The van der Waals surface area contributed by atoms with Gasteiger partial charge in [-0.25, -0.2) is 0 Å². The minimum Gasteiger partial charge on any atom is -0.346 e. The third-order valence-corrected chi connectivity index (χ3v) is 6.24. The second-order valence-corrected chi connectivity index (χ2v) is 8.07. The number of benzene rings is 1. The van der Waals surface area contributed by atoms with Crippen molar-refractivity contribution >= 4 is 22.6 Å². The monoisotopic (exact) mass is 343 g/mol. The highest BCUT2D eigenvalue weighted by Crippen LogP contribution is 2.46. The van der Waals surface area contributed by atoms with Crippen molar-refractivity contribution in [2.45, 2.75) is 13.0 Å². The minimum absolute atomic E-state index is 0.516. The standard InChI is InChI=1S/C18H25N5S/c1-12-7-5-6-8-14(12)16-15-11-23(10-13(15)9-22(16)4)18-19-17(20-24-18)21(2)3/h5-8,13,15-16H,9-11H2,1-4H3/t13-,15+,16+/m0/s1. The van der Waals surface area contributed by atoms with E-state index in [0.29, 0.717) is 17.9 Å². The summed E-state index contributed by atoms with van der Waals surface area (Å²) >= 11 is 1.52. The van der Waals surface area contributed by atoms with E-state index in [0.717, 1.165) is 24.2 Å². The highest BCUT2D eigenvalue weighted by molar-refractivity contribution is 7.09. The van der Waals surface area contributed by atoms with Crippen LogP contribution in [-0.2, 0) is 0 Å². The maximum Gasteiger partial charge on any atom is 0.238 e. The molecule has 2 aromatic rings. The summed E-state index contributed by atoms with van der Waals surface area (Å²) in [5.41, 5.74) is 2.89. The molecular formula is C18H25N5S. The fraction of sp³-hybridized carbons (Fsp3) is 0.556. The Bertz CT molecular complexity index is 728. The van der Waals surface area contributed by atoms with Gasteiger partial charge in [0.2, 0.25) is 11.1 Å². The number of aromatic nitrogens is 2. The van der Waals surface area contributed by atoms with E-state index in [2.05, 4.69) is 52.4 Å². The van der Waals surface area contributed by atoms with Crippen molar-refractivity contribution < 1.29 is 0 Å². The molecule has 2 saturated heterocycles. The zero-order valence-electron chi connectivity index (χ0n) is 14.8. The number of hydrogen-bond acceptors (Lipinski definition) is 6. The SMILES string of the molecule is Cc1ccccc1[C@@H]1[C@@H]2CN(c3nc(N(C)C)ns3)C[C@@H]2CN1C. The minimum atomic E-state index is 0.516. The summed E-state index contributed by atoms with van der Waals surface area (Å²) < 4.78 is 4.46. The van der Waals surface area contributed by atoms with E-state index in [1.165, 1.54) is 29.2 Å². The van der Waals surface area contributed by atoms with Gasteiger partial charge >= 0.3 is 0 Å². The fourth-order valence-electron chi connectivity index (χ4n) is 4.32. The van der Waals surface area contributed by atoms with E-state index in [1.54, 1.807) is 0 Å². The molecule has 0 unspecified atom stereocenters. The number of hydrogen-bond donors (Lipinski definition) is 0. The van der Waals surface area contributed by atoms with Crippen LogP contribution in [0.25, 0.3) is 0 Å². The third-order valence-electron chi connectivity index (χ3n) is 5.48. The van der Waals surface area contributed by atoms with Crippen molar-refractivity contribution in [3.8, 4) is 0 Å². The molecule has 2 aliphatic heterocycles. The Hall–Kier alpha value is -1.66. The summed E-state index contributed by atoms with van der Waals surface area (Å²) in [5, 5.41) is 1.07. The number of rotatable bonds is 3. The van der Waals surface area contributed by atoms with Crippen LogP contribution in [0, 0.1) is 18.8 Å². The average Bonchev–Trinajstić information content (AvgIpc) is 3.21. The Morgan fingerprint density at radius 2 is 1.96 bits per heavy atom. The molecule has 24 heavy (non-hydrogen) atoms. The molecule has 0 saturated carbocycles. The van der Waals surface area contributed by atoms with Crippen molar-refractivity contribution in [1.82, 2.24) is 14.3 Å². The molecule has 0 amide bonds. The van der Waals surface area contributed by atoms with Crippen molar-refractivity contribution in [3.63, 3.8) is 0 Å². The molecule has 3 heterocycles. The molecule has 1 aromatic carbocycles. The molecule has 5 nitrogen and oxygen atoms in total. The van der Waals surface area contributed by atoms with Crippen LogP contribution < -0.4 is 9.80 Å². The second kappa shape index (κ2) is 6.01. The predicted molar refractivity (Wildman–Crippen MR) is 100.0 cm³/mol. The number of likely N-dealkylation sites (tertiary alicyclic amines) is 1. The second-order valence-electron chi connectivity index (χ2n) is 7.34. The number of aryl methyl sites for hydroxylation is 1. The van der Waals surface area contributed by atoms with Gasteiger partial charge in [0.05, 0.1) is 0 Å². The summed E-state index contributed by atoms with van der Waals surface area (Å²) in [4.78, 5) is 11.7. The van der Waals surface area contributed by atoms with Gasteiger partial charge in [0.25, 0.3) is 0 Å². The van der Waals surface area contributed by atoms with E-state index in [4.69, 9.17) is 4.98 Å². The molecule has 4 rings (SSSR count). The van der Waals surface area contributed by atoms with Gasteiger partial charge in [-0.3, -0.25) is 4.90 Å². The van der Waals surface area contributed by atoms with Gasteiger partial charge in [-0.05, 0) is 31.0 Å². The molecular weight excluding hydrogens is 318 g/mol. The van der Waals surface area contributed by atoms with Crippen molar-refractivity contribution in [1.29, 1.82) is 0 Å². The summed E-state index contributed by atoms with van der Waals surface area (Å²) in [5.74, 6) is 2.20. The Morgan fingerprint density at radius 3 is 2.67 bits per heavy atom. The summed E-state index contributed by atoms with van der Waals surface area (Å²) in [6.07, 6.45) is 0. The van der Waals surface area contributed by atoms with Gasteiger partial charge in [-0.15, -0.1) is 0 Å². The first-order valence-corrected chi connectivity index (χ1v) is 9.33. The van der Waals surface area contributed by atoms with E-state index >= 15 is 0 Å². The molecule has 2 aliphatic rings. The lowest BCUT2D eigenvalue weighted by Gasteiger charge is -2.27. The first-order chi connectivity index (χ1) is 11.5. The Labute approximate surface area is 148 Å². The third kappa shape index (κ3) is 2.58. The molecule has 2 fully saturated rings. The van der Waals surface area contributed by atoms with Crippen molar-refractivity contribution in [3.05, 3.63) is 35.4 Å².